The van der Waals surface area contributed by atoms with Gasteiger partial charge in [0, 0.05) is 30.5 Å². The number of aromatic hydroxyl groups is 1. The first-order chi connectivity index (χ1) is 9.56. The van der Waals surface area contributed by atoms with Crippen LogP contribution in [0.15, 0.2) is 23.4 Å². The number of phenols is 1. The largest absolute Gasteiger partial charge is 0.507 e. The van der Waals surface area contributed by atoms with Crippen molar-refractivity contribution in [2.45, 2.75) is 19.8 Å². The van der Waals surface area contributed by atoms with E-state index in [1.165, 1.54) is 12.1 Å². The van der Waals surface area contributed by atoms with E-state index in [1.807, 2.05) is 6.92 Å². The molecule has 2 N–H and O–H groups in total. The zero-order valence-corrected chi connectivity index (χ0v) is 12.0. The molecule has 0 radical (unpaired) electrons. The normalized spacial score (nSPS) is 21.2. The molecule has 0 bridgehead atoms. The molecule has 1 aromatic carbocycles. The van der Waals surface area contributed by atoms with E-state index < -0.39 is 0 Å². The molecule has 2 rings (SSSR count). The van der Waals surface area contributed by atoms with Gasteiger partial charge in [0.05, 0.1) is 11.3 Å². The van der Waals surface area contributed by atoms with Gasteiger partial charge in [-0.25, -0.2) is 0 Å². The number of likely N-dealkylation sites (tertiary alicyclic amines) is 1. The van der Waals surface area contributed by atoms with Crippen LogP contribution in [0.2, 0.25) is 5.02 Å². The highest BCUT2D eigenvalue weighted by atomic mass is 35.5. The maximum atomic E-state index is 12.4. The van der Waals surface area contributed by atoms with E-state index in [2.05, 4.69) is 5.16 Å². The molecule has 1 amide bonds. The first-order valence-corrected chi connectivity index (χ1v) is 6.93. The Balaban J connectivity index is 2.18. The molecule has 1 heterocycles. The fraction of sp³-hybridized carbons (Fsp3) is 0.429. The summed E-state index contributed by atoms with van der Waals surface area (Å²) in [6, 6.07) is 4.46. The number of piperidine rings is 1. The summed E-state index contributed by atoms with van der Waals surface area (Å²) in [5, 5.41) is 22.5. The first-order valence-electron chi connectivity index (χ1n) is 6.55. The van der Waals surface area contributed by atoms with Crippen LogP contribution in [0.25, 0.3) is 0 Å². The molecule has 1 aliphatic heterocycles. The van der Waals surface area contributed by atoms with E-state index in [-0.39, 0.29) is 23.1 Å². The molecule has 5 nitrogen and oxygen atoms in total. The van der Waals surface area contributed by atoms with Crippen LogP contribution in [0.4, 0.5) is 0 Å². The standard InChI is InChI=1S/C14H17ClN2O3/c1-2-9-8-17(6-5-12(9)16-20)14(19)11-4-3-10(15)7-13(11)18/h3-4,7,9,18,20H,2,5-6,8H2,1H3/b16-12+. The summed E-state index contributed by atoms with van der Waals surface area (Å²) >= 11 is 5.76. The minimum atomic E-state index is -0.227. The van der Waals surface area contributed by atoms with Crippen LogP contribution in [0.3, 0.4) is 0 Å². The number of carbonyl (C=O) groups excluding carboxylic acids is 1. The zero-order valence-electron chi connectivity index (χ0n) is 11.2. The fourth-order valence-corrected chi connectivity index (χ4v) is 2.62. The van der Waals surface area contributed by atoms with Crippen molar-refractivity contribution in [1.29, 1.82) is 0 Å². The molecule has 1 atom stereocenters. The quantitative estimate of drug-likeness (QED) is 0.651. The van der Waals surface area contributed by atoms with Gasteiger partial charge in [-0.3, -0.25) is 4.79 Å². The Morgan fingerprint density at radius 1 is 1.55 bits per heavy atom. The zero-order chi connectivity index (χ0) is 14.7. The summed E-state index contributed by atoms with van der Waals surface area (Å²) in [7, 11) is 0. The minimum Gasteiger partial charge on any atom is -0.507 e. The Labute approximate surface area is 122 Å². The van der Waals surface area contributed by atoms with Crippen LogP contribution in [-0.4, -0.2) is 39.9 Å². The van der Waals surface area contributed by atoms with Gasteiger partial charge in [-0.2, -0.15) is 0 Å². The van der Waals surface area contributed by atoms with E-state index in [1.54, 1.807) is 11.0 Å². The number of nitrogens with zero attached hydrogens (tertiary/aromatic N) is 2. The van der Waals surface area contributed by atoms with Crippen molar-refractivity contribution >= 4 is 23.2 Å². The van der Waals surface area contributed by atoms with Crippen molar-refractivity contribution in [3.63, 3.8) is 0 Å². The predicted molar refractivity (Wildman–Crippen MR) is 76.6 cm³/mol. The topological polar surface area (TPSA) is 73.1 Å². The number of halogens is 1. The molecule has 0 aromatic heterocycles. The molecule has 20 heavy (non-hydrogen) atoms. The molecule has 0 aliphatic carbocycles. The summed E-state index contributed by atoms with van der Waals surface area (Å²) in [5.41, 5.74) is 0.977. The Morgan fingerprint density at radius 3 is 2.90 bits per heavy atom. The number of carbonyl (C=O) groups is 1. The molecule has 108 valence electrons. The number of oxime groups is 1. The van der Waals surface area contributed by atoms with Crippen molar-refractivity contribution in [3.05, 3.63) is 28.8 Å². The average Bonchev–Trinajstić information content (AvgIpc) is 2.45. The summed E-state index contributed by atoms with van der Waals surface area (Å²) in [5.74, 6) is -0.279. The fourth-order valence-electron chi connectivity index (χ4n) is 2.45. The van der Waals surface area contributed by atoms with Gasteiger partial charge in [-0.1, -0.05) is 23.7 Å². The third kappa shape index (κ3) is 2.88. The third-order valence-electron chi connectivity index (χ3n) is 3.65. The second-order valence-electron chi connectivity index (χ2n) is 4.86. The molecule has 1 aliphatic rings. The van der Waals surface area contributed by atoms with Gasteiger partial charge in [0.25, 0.3) is 5.91 Å². The lowest BCUT2D eigenvalue weighted by Crippen LogP contribution is -2.44. The second kappa shape index (κ2) is 6.13. The molecule has 1 aromatic rings. The van der Waals surface area contributed by atoms with Crippen molar-refractivity contribution in [2.24, 2.45) is 11.1 Å². The number of amides is 1. The Bertz CT molecular complexity index is 545. The van der Waals surface area contributed by atoms with Gasteiger partial charge in [-0.05, 0) is 24.6 Å². The van der Waals surface area contributed by atoms with E-state index in [9.17, 15) is 9.90 Å². The second-order valence-corrected chi connectivity index (χ2v) is 5.30. The average molecular weight is 297 g/mol. The molecule has 1 saturated heterocycles. The number of phenolic OH excluding ortho intramolecular Hbond substituents is 1. The van der Waals surface area contributed by atoms with Crippen LogP contribution in [-0.2, 0) is 0 Å². The maximum Gasteiger partial charge on any atom is 0.257 e. The highest BCUT2D eigenvalue weighted by Crippen LogP contribution is 2.25. The van der Waals surface area contributed by atoms with E-state index in [0.29, 0.717) is 24.5 Å². The van der Waals surface area contributed by atoms with Crippen LogP contribution in [0, 0.1) is 5.92 Å². The molecule has 0 spiro atoms. The molecule has 1 fully saturated rings. The van der Waals surface area contributed by atoms with Crippen LogP contribution in [0.1, 0.15) is 30.1 Å². The number of hydrogen-bond donors (Lipinski definition) is 2. The summed E-state index contributed by atoms with van der Waals surface area (Å²) < 4.78 is 0. The Kier molecular flexibility index (Phi) is 4.49. The third-order valence-corrected chi connectivity index (χ3v) is 3.88. The number of benzene rings is 1. The van der Waals surface area contributed by atoms with E-state index >= 15 is 0 Å². The SMILES string of the molecule is CCC1CN(C(=O)c2ccc(Cl)cc2O)CC/C1=N\O. The number of rotatable bonds is 2. The van der Waals surface area contributed by atoms with Crippen LogP contribution < -0.4 is 0 Å². The minimum absolute atomic E-state index is 0.0622. The van der Waals surface area contributed by atoms with Crippen molar-refractivity contribution in [1.82, 2.24) is 4.90 Å². The lowest BCUT2D eigenvalue weighted by molar-refractivity contribution is 0.0726. The monoisotopic (exact) mass is 296 g/mol. The molecular weight excluding hydrogens is 280 g/mol. The van der Waals surface area contributed by atoms with E-state index in [0.717, 1.165) is 12.1 Å². The van der Waals surface area contributed by atoms with Gasteiger partial charge in [0.1, 0.15) is 5.75 Å². The highest BCUT2D eigenvalue weighted by molar-refractivity contribution is 6.30. The summed E-state index contributed by atoms with van der Waals surface area (Å²) in [4.78, 5) is 14.1. The van der Waals surface area contributed by atoms with Crippen molar-refractivity contribution in [2.75, 3.05) is 13.1 Å². The summed E-state index contributed by atoms with van der Waals surface area (Å²) in [6.07, 6.45) is 1.35. The van der Waals surface area contributed by atoms with Crippen LogP contribution >= 0.6 is 11.6 Å². The first kappa shape index (κ1) is 14.7. The predicted octanol–water partition coefficient (Wildman–Crippen LogP) is 2.75. The lowest BCUT2D eigenvalue weighted by Gasteiger charge is -2.33. The highest BCUT2D eigenvalue weighted by Gasteiger charge is 2.29. The molecule has 6 heteroatoms. The maximum absolute atomic E-state index is 12.4. The van der Waals surface area contributed by atoms with Crippen molar-refractivity contribution in [3.8, 4) is 5.75 Å². The lowest BCUT2D eigenvalue weighted by atomic mass is 9.93. The van der Waals surface area contributed by atoms with Crippen LogP contribution in [0.5, 0.6) is 5.75 Å². The molecular formula is C14H17ClN2O3. The summed E-state index contributed by atoms with van der Waals surface area (Å²) in [6.45, 7) is 2.97. The van der Waals surface area contributed by atoms with Gasteiger partial charge < -0.3 is 15.2 Å². The van der Waals surface area contributed by atoms with Gasteiger partial charge >= 0.3 is 0 Å². The Morgan fingerprint density at radius 2 is 2.30 bits per heavy atom. The number of hydrogen-bond acceptors (Lipinski definition) is 4. The van der Waals surface area contributed by atoms with E-state index in [4.69, 9.17) is 16.8 Å². The molecule has 1 unspecified atom stereocenters. The van der Waals surface area contributed by atoms with Gasteiger partial charge in [0.2, 0.25) is 0 Å². The Hall–Kier alpha value is -1.75. The van der Waals surface area contributed by atoms with Crippen molar-refractivity contribution < 1.29 is 15.1 Å². The van der Waals surface area contributed by atoms with Gasteiger partial charge in [0.15, 0.2) is 0 Å². The van der Waals surface area contributed by atoms with Gasteiger partial charge in [-0.15, -0.1) is 0 Å². The smallest absolute Gasteiger partial charge is 0.257 e. The molecule has 0 saturated carbocycles.